The Morgan fingerprint density at radius 1 is 1.29 bits per heavy atom. The van der Waals surface area contributed by atoms with E-state index in [9.17, 15) is 4.79 Å². The summed E-state index contributed by atoms with van der Waals surface area (Å²) in [6.45, 7) is 3.93. The lowest BCUT2D eigenvalue weighted by atomic mass is 10.1. The van der Waals surface area contributed by atoms with Crippen LogP contribution in [0.15, 0.2) is 47.1 Å². The van der Waals surface area contributed by atoms with Crippen molar-refractivity contribution in [3.05, 3.63) is 59.5 Å². The first-order valence-electron chi connectivity index (χ1n) is 8.09. The molecule has 5 heteroatoms. The van der Waals surface area contributed by atoms with Crippen molar-refractivity contribution >= 4 is 17.0 Å². The van der Waals surface area contributed by atoms with Crippen molar-refractivity contribution in [2.45, 2.75) is 19.9 Å². The van der Waals surface area contributed by atoms with Gasteiger partial charge in [0.1, 0.15) is 5.69 Å². The standard InChI is InChI=1S/C19H22N2O3/c1-14-6-3-4-7-15(14)13-21-16-8-11-24-18(16)12-17(21)19(22)20-9-5-10-23-2/h3-4,6-8,11-12H,5,9-10,13H2,1-2H3,(H,20,22). The molecule has 1 aromatic carbocycles. The van der Waals surface area contributed by atoms with Gasteiger partial charge in [-0.2, -0.15) is 0 Å². The predicted octanol–water partition coefficient (Wildman–Crippen LogP) is 3.36. The van der Waals surface area contributed by atoms with Gasteiger partial charge in [0.15, 0.2) is 5.58 Å². The van der Waals surface area contributed by atoms with Crippen molar-refractivity contribution in [3.63, 3.8) is 0 Å². The first kappa shape index (κ1) is 16.3. The molecule has 1 amide bonds. The van der Waals surface area contributed by atoms with E-state index in [0.29, 0.717) is 25.4 Å². The molecule has 126 valence electrons. The second kappa shape index (κ2) is 7.36. The van der Waals surface area contributed by atoms with Crippen LogP contribution in [-0.4, -0.2) is 30.7 Å². The molecule has 0 unspecified atom stereocenters. The Labute approximate surface area is 141 Å². The van der Waals surface area contributed by atoms with Crippen LogP contribution in [0.1, 0.15) is 28.0 Å². The Bertz CT molecular complexity index is 832. The fourth-order valence-corrected chi connectivity index (χ4v) is 2.80. The summed E-state index contributed by atoms with van der Waals surface area (Å²) in [6.07, 6.45) is 2.44. The number of nitrogens with zero attached hydrogens (tertiary/aromatic N) is 1. The first-order valence-corrected chi connectivity index (χ1v) is 8.09. The number of hydrogen-bond acceptors (Lipinski definition) is 3. The highest BCUT2D eigenvalue weighted by atomic mass is 16.5. The van der Waals surface area contributed by atoms with Gasteiger partial charge in [-0.15, -0.1) is 0 Å². The van der Waals surface area contributed by atoms with Gasteiger partial charge in [0.2, 0.25) is 0 Å². The van der Waals surface area contributed by atoms with Crippen molar-refractivity contribution in [1.82, 2.24) is 9.88 Å². The van der Waals surface area contributed by atoms with E-state index in [4.69, 9.17) is 9.15 Å². The Balaban J connectivity index is 1.87. The van der Waals surface area contributed by atoms with E-state index in [0.717, 1.165) is 17.5 Å². The number of nitrogens with one attached hydrogen (secondary N) is 1. The Kier molecular flexibility index (Phi) is 5.01. The van der Waals surface area contributed by atoms with Crippen LogP contribution < -0.4 is 5.32 Å². The molecule has 2 aromatic heterocycles. The van der Waals surface area contributed by atoms with E-state index in [-0.39, 0.29) is 5.91 Å². The number of aryl methyl sites for hydroxylation is 1. The number of fused-ring (bicyclic) bond motifs is 1. The van der Waals surface area contributed by atoms with E-state index >= 15 is 0 Å². The molecule has 0 aliphatic heterocycles. The van der Waals surface area contributed by atoms with Crippen molar-refractivity contribution in [2.75, 3.05) is 20.3 Å². The van der Waals surface area contributed by atoms with Crippen molar-refractivity contribution in [3.8, 4) is 0 Å². The first-order chi connectivity index (χ1) is 11.7. The maximum absolute atomic E-state index is 12.6. The van der Waals surface area contributed by atoms with Crippen LogP contribution in [0.2, 0.25) is 0 Å². The molecule has 0 radical (unpaired) electrons. The molecule has 0 atom stereocenters. The van der Waals surface area contributed by atoms with Crippen LogP contribution in [0.5, 0.6) is 0 Å². The van der Waals surface area contributed by atoms with E-state index in [1.54, 1.807) is 19.4 Å². The molecule has 5 nitrogen and oxygen atoms in total. The smallest absolute Gasteiger partial charge is 0.268 e. The highest BCUT2D eigenvalue weighted by Crippen LogP contribution is 2.23. The topological polar surface area (TPSA) is 56.4 Å². The van der Waals surface area contributed by atoms with Crippen molar-refractivity contribution in [2.24, 2.45) is 0 Å². The number of methoxy groups -OCH3 is 1. The molecular formula is C19H22N2O3. The third-order valence-corrected chi connectivity index (χ3v) is 4.16. The number of amides is 1. The zero-order valence-electron chi connectivity index (χ0n) is 14.0. The zero-order chi connectivity index (χ0) is 16.9. The highest BCUT2D eigenvalue weighted by molar-refractivity contribution is 5.97. The Morgan fingerprint density at radius 2 is 2.12 bits per heavy atom. The predicted molar refractivity (Wildman–Crippen MR) is 93.3 cm³/mol. The van der Waals surface area contributed by atoms with Crippen molar-refractivity contribution in [1.29, 1.82) is 0 Å². The average Bonchev–Trinajstić information content (AvgIpc) is 3.16. The van der Waals surface area contributed by atoms with E-state index in [2.05, 4.69) is 24.4 Å². The number of rotatable bonds is 7. The minimum Gasteiger partial charge on any atom is -0.463 e. The zero-order valence-corrected chi connectivity index (χ0v) is 14.0. The van der Waals surface area contributed by atoms with Crippen LogP contribution in [0.25, 0.3) is 11.1 Å². The van der Waals surface area contributed by atoms with Gasteiger partial charge >= 0.3 is 0 Å². The summed E-state index contributed by atoms with van der Waals surface area (Å²) < 4.78 is 12.5. The number of aromatic nitrogens is 1. The summed E-state index contributed by atoms with van der Waals surface area (Å²) in [6, 6.07) is 11.9. The largest absolute Gasteiger partial charge is 0.463 e. The van der Waals surface area contributed by atoms with Crippen LogP contribution in [-0.2, 0) is 11.3 Å². The van der Waals surface area contributed by atoms with Gasteiger partial charge in [0, 0.05) is 38.9 Å². The van der Waals surface area contributed by atoms with Crippen LogP contribution in [0.3, 0.4) is 0 Å². The maximum atomic E-state index is 12.6. The van der Waals surface area contributed by atoms with Crippen LogP contribution in [0, 0.1) is 6.92 Å². The lowest BCUT2D eigenvalue weighted by Gasteiger charge is -2.12. The maximum Gasteiger partial charge on any atom is 0.268 e. The third kappa shape index (κ3) is 3.36. The van der Waals surface area contributed by atoms with Crippen molar-refractivity contribution < 1.29 is 13.9 Å². The highest BCUT2D eigenvalue weighted by Gasteiger charge is 2.17. The Hall–Kier alpha value is -2.53. The molecule has 3 aromatic rings. The van der Waals surface area contributed by atoms with Gasteiger partial charge in [0.05, 0.1) is 11.8 Å². The second-order valence-corrected chi connectivity index (χ2v) is 5.81. The van der Waals surface area contributed by atoms with Gasteiger partial charge in [-0.05, 0) is 24.5 Å². The monoisotopic (exact) mass is 326 g/mol. The molecule has 24 heavy (non-hydrogen) atoms. The molecule has 0 saturated carbocycles. The van der Waals surface area contributed by atoms with Gasteiger partial charge in [0.25, 0.3) is 5.91 Å². The number of carbonyl (C=O) groups excluding carboxylic acids is 1. The third-order valence-electron chi connectivity index (χ3n) is 4.16. The molecule has 0 bridgehead atoms. The van der Waals surface area contributed by atoms with Gasteiger partial charge in [-0.1, -0.05) is 24.3 Å². The molecule has 0 aliphatic carbocycles. The van der Waals surface area contributed by atoms with E-state index in [1.165, 1.54) is 11.1 Å². The Morgan fingerprint density at radius 3 is 2.92 bits per heavy atom. The van der Waals surface area contributed by atoms with Crippen LogP contribution >= 0.6 is 0 Å². The minimum atomic E-state index is -0.0916. The van der Waals surface area contributed by atoms with Gasteiger partial charge in [-0.25, -0.2) is 0 Å². The lowest BCUT2D eigenvalue weighted by Crippen LogP contribution is -2.27. The molecule has 3 rings (SSSR count). The van der Waals surface area contributed by atoms with Crippen LogP contribution in [0.4, 0.5) is 0 Å². The summed E-state index contributed by atoms with van der Waals surface area (Å²) in [5.74, 6) is -0.0916. The summed E-state index contributed by atoms with van der Waals surface area (Å²) in [5, 5.41) is 2.94. The summed E-state index contributed by atoms with van der Waals surface area (Å²) in [4.78, 5) is 12.6. The summed E-state index contributed by atoms with van der Waals surface area (Å²) >= 11 is 0. The fourth-order valence-electron chi connectivity index (χ4n) is 2.80. The number of furan rings is 1. The minimum absolute atomic E-state index is 0.0916. The van der Waals surface area contributed by atoms with Gasteiger partial charge in [-0.3, -0.25) is 4.79 Å². The lowest BCUT2D eigenvalue weighted by molar-refractivity contribution is 0.0940. The summed E-state index contributed by atoms with van der Waals surface area (Å²) in [5.41, 5.74) is 4.66. The summed E-state index contributed by atoms with van der Waals surface area (Å²) in [7, 11) is 1.66. The normalized spacial score (nSPS) is 11.1. The molecular weight excluding hydrogens is 304 g/mol. The number of carbonyl (C=O) groups is 1. The SMILES string of the molecule is COCCCNC(=O)c1cc2occc2n1Cc1ccccc1C. The molecule has 0 aliphatic rings. The molecule has 0 fully saturated rings. The molecule has 0 saturated heterocycles. The molecule has 2 heterocycles. The second-order valence-electron chi connectivity index (χ2n) is 5.81. The number of ether oxygens (including phenoxy) is 1. The number of hydrogen-bond donors (Lipinski definition) is 1. The van der Waals surface area contributed by atoms with E-state index < -0.39 is 0 Å². The average molecular weight is 326 g/mol. The van der Waals surface area contributed by atoms with E-state index in [1.807, 2.05) is 22.8 Å². The fraction of sp³-hybridized carbons (Fsp3) is 0.316. The quantitative estimate of drug-likeness (QED) is 0.677. The van der Waals surface area contributed by atoms with Gasteiger partial charge < -0.3 is 19.0 Å². The molecule has 1 N–H and O–H groups in total. The molecule has 0 spiro atoms. The number of benzene rings is 1.